The van der Waals surface area contributed by atoms with Crippen molar-refractivity contribution in [2.24, 2.45) is 0 Å². The molecule has 0 amide bonds. The normalized spacial score (nSPS) is 14.8. The van der Waals surface area contributed by atoms with Crippen molar-refractivity contribution in [1.82, 2.24) is 0 Å². The number of hydrogen-bond acceptors (Lipinski definition) is 15. The Labute approximate surface area is 641 Å². The van der Waals surface area contributed by atoms with Gasteiger partial charge in [-0.1, -0.05) is 268 Å². The van der Waals surface area contributed by atoms with Crippen LogP contribution in [0.1, 0.15) is 285 Å². The molecule has 5 unspecified atom stereocenters. The molecule has 600 valence electrons. The molecule has 0 fully saturated rings. The summed E-state index contributed by atoms with van der Waals surface area (Å²) in [6.45, 7) is 4.29. The highest BCUT2D eigenvalue weighted by Gasteiger charge is 2.30. The number of rotatable bonds is 73. The van der Waals surface area contributed by atoms with E-state index in [0.29, 0.717) is 32.1 Å². The van der Waals surface area contributed by atoms with Crippen LogP contribution in [-0.2, 0) is 65.4 Å². The summed E-state index contributed by atoms with van der Waals surface area (Å²) in [7, 11) is -10.0. The monoisotopic (exact) mass is 1520 g/mol. The lowest BCUT2D eigenvalue weighted by Crippen LogP contribution is -2.30. The fourth-order valence-corrected chi connectivity index (χ4v) is 11.5. The van der Waals surface area contributed by atoms with Gasteiger partial charge in [-0.25, -0.2) is 9.13 Å². The second-order valence-corrected chi connectivity index (χ2v) is 28.7. The van der Waals surface area contributed by atoms with Gasteiger partial charge in [0.1, 0.15) is 19.3 Å². The number of carbonyl (C=O) groups excluding carboxylic acids is 4. The van der Waals surface area contributed by atoms with Gasteiger partial charge >= 0.3 is 39.5 Å². The highest BCUT2D eigenvalue weighted by molar-refractivity contribution is 7.47. The molecule has 17 nitrogen and oxygen atoms in total. The molecule has 0 saturated carbocycles. The van der Waals surface area contributed by atoms with E-state index in [9.17, 15) is 43.2 Å². The first kappa shape index (κ1) is 100. The number of allylic oxidation sites excluding steroid dienone is 30. The van der Waals surface area contributed by atoms with Gasteiger partial charge in [0.25, 0.3) is 0 Å². The third-order valence-corrected chi connectivity index (χ3v) is 17.8. The third-order valence-electron chi connectivity index (χ3n) is 15.9. The number of phosphoric ester groups is 2. The van der Waals surface area contributed by atoms with Crippen LogP contribution in [-0.4, -0.2) is 96.7 Å². The van der Waals surface area contributed by atoms with E-state index in [1.165, 1.54) is 0 Å². The Bertz CT molecular complexity index is 2730. The van der Waals surface area contributed by atoms with Crippen molar-refractivity contribution in [2.75, 3.05) is 39.6 Å². The van der Waals surface area contributed by atoms with E-state index in [-0.39, 0.29) is 25.7 Å². The zero-order chi connectivity index (χ0) is 77.4. The van der Waals surface area contributed by atoms with Crippen molar-refractivity contribution in [3.63, 3.8) is 0 Å². The van der Waals surface area contributed by atoms with Crippen molar-refractivity contribution >= 4 is 39.5 Å². The molecule has 3 N–H and O–H groups in total. The van der Waals surface area contributed by atoms with Crippen molar-refractivity contribution in [1.29, 1.82) is 0 Å². The first-order chi connectivity index (χ1) is 51.7. The smallest absolute Gasteiger partial charge is 0.462 e. The Morgan fingerprint density at radius 2 is 0.462 bits per heavy atom. The molecule has 0 radical (unpaired) electrons. The Morgan fingerprint density at radius 1 is 0.264 bits per heavy atom. The van der Waals surface area contributed by atoms with Gasteiger partial charge in [0.2, 0.25) is 0 Å². The summed E-state index contributed by atoms with van der Waals surface area (Å²) in [5.74, 6) is -2.30. The van der Waals surface area contributed by atoms with Crippen molar-refractivity contribution in [2.45, 2.75) is 303 Å². The van der Waals surface area contributed by atoms with Crippen LogP contribution in [0.15, 0.2) is 182 Å². The Kier molecular flexibility index (Phi) is 73.1. The first-order valence-electron chi connectivity index (χ1n) is 40.0. The van der Waals surface area contributed by atoms with E-state index in [1.807, 2.05) is 0 Å². The Hall–Kier alpha value is -5.84. The highest BCUT2D eigenvalue weighted by Crippen LogP contribution is 2.45. The van der Waals surface area contributed by atoms with Crippen LogP contribution >= 0.6 is 15.6 Å². The molecule has 0 aliphatic rings. The maximum absolute atomic E-state index is 13.1. The molecule has 106 heavy (non-hydrogen) atoms. The molecular formula is C87H140O17P2. The molecule has 0 rings (SSSR count). The third kappa shape index (κ3) is 76.4. The van der Waals surface area contributed by atoms with Crippen LogP contribution in [0.4, 0.5) is 0 Å². The van der Waals surface area contributed by atoms with Crippen molar-refractivity contribution in [3.8, 4) is 0 Å². The number of carbonyl (C=O) groups is 4. The molecule has 0 saturated heterocycles. The zero-order valence-corrected chi connectivity index (χ0v) is 67.3. The summed E-state index contributed by atoms with van der Waals surface area (Å²) < 4.78 is 68.6. The van der Waals surface area contributed by atoms with Gasteiger partial charge in [-0.3, -0.25) is 37.3 Å². The molecule has 5 atom stereocenters. The van der Waals surface area contributed by atoms with Crippen molar-refractivity contribution in [3.05, 3.63) is 182 Å². The maximum atomic E-state index is 13.1. The van der Waals surface area contributed by atoms with Crippen LogP contribution in [0.2, 0.25) is 0 Å². The van der Waals surface area contributed by atoms with E-state index in [2.05, 4.69) is 210 Å². The number of ether oxygens (including phenoxy) is 4. The van der Waals surface area contributed by atoms with Gasteiger partial charge in [-0.2, -0.15) is 0 Å². The van der Waals surface area contributed by atoms with Gasteiger partial charge < -0.3 is 33.8 Å². The fraction of sp³-hybridized carbons (Fsp3) is 0.609. The number of esters is 4. The van der Waals surface area contributed by atoms with Gasteiger partial charge in [0, 0.05) is 25.7 Å². The summed E-state index contributed by atoms with van der Waals surface area (Å²) in [5, 5.41) is 10.6. The molecule has 0 aromatic rings. The largest absolute Gasteiger partial charge is 0.472 e. The number of unbranched alkanes of at least 4 members (excludes halogenated alkanes) is 17. The van der Waals surface area contributed by atoms with Crippen LogP contribution in [0, 0.1) is 0 Å². The average Bonchev–Trinajstić information content (AvgIpc) is 0.909. The molecule has 0 aliphatic heterocycles. The van der Waals surface area contributed by atoms with Crippen LogP contribution in [0.3, 0.4) is 0 Å². The predicted octanol–water partition coefficient (Wildman–Crippen LogP) is 23.6. The van der Waals surface area contributed by atoms with Gasteiger partial charge in [0.15, 0.2) is 12.2 Å². The lowest BCUT2D eigenvalue weighted by atomic mass is 10.1. The van der Waals surface area contributed by atoms with Crippen molar-refractivity contribution < 1.29 is 80.2 Å². The van der Waals surface area contributed by atoms with Crippen LogP contribution in [0.25, 0.3) is 0 Å². The van der Waals surface area contributed by atoms with Crippen LogP contribution < -0.4 is 0 Å². The van der Waals surface area contributed by atoms with E-state index in [4.69, 9.17) is 37.0 Å². The minimum atomic E-state index is -5.00. The summed E-state index contributed by atoms with van der Waals surface area (Å²) in [6, 6.07) is 0. The van der Waals surface area contributed by atoms with Gasteiger partial charge in [-0.15, -0.1) is 0 Å². The number of aliphatic hydroxyl groups is 1. The lowest BCUT2D eigenvalue weighted by molar-refractivity contribution is -0.161. The summed E-state index contributed by atoms with van der Waals surface area (Å²) in [5.41, 5.74) is 0. The maximum Gasteiger partial charge on any atom is 0.472 e. The first-order valence-corrected chi connectivity index (χ1v) is 43.0. The highest BCUT2D eigenvalue weighted by atomic mass is 31.2. The summed E-state index contributed by atoms with van der Waals surface area (Å²) in [6.07, 6.45) is 93.0. The minimum absolute atomic E-state index is 0.0329. The predicted molar refractivity (Wildman–Crippen MR) is 436 cm³/mol. The fourth-order valence-electron chi connectivity index (χ4n) is 9.91. The van der Waals surface area contributed by atoms with Gasteiger partial charge in [-0.05, 0) is 173 Å². The Morgan fingerprint density at radius 3 is 0.736 bits per heavy atom. The Balaban J connectivity index is 5.46. The second-order valence-electron chi connectivity index (χ2n) is 25.8. The molecule has 0 bridgehead atoms. The summed E-state index contributed by atoms with van der Waals surface area (Å²) in [4.78, 5) is 73.1. The molecular weight excluding hydrogens is 1380 g/mol. The quantitative estimate of drug-likeness (QED) is 0.0169. The topological polar surface area (TPSA) is 237 Å². The van der Waals surface area contributed by atoms with Crippen LogP contribution in [0.5, 0.6) is 0 Å². The van der Waals surface area contributed by atoms with Gasteiger partial charge in [0.05, 0.1) is 26.4 Å². The second kappa shape index (κ2) is 77.3. The lowest BCUT2D eigenvalue weighted by Gasteiger charge is -2.21. The molecule has 19 heteroatoms. The molecule has 0 aliphatic carbocycles. The van der Waals surface area contributed by atoms with E-state index < -0.39 is 97.5 Å². The molecule has 0 aromatic heterocycles. The SMILES string of the molecule is CC/C=C\C/C=C\C/C=C\C/C=C\C/C=C\CCCCCC(=O)OCC(COP(=O)(O)OCC(O)COP(=O)(O)OCC(COC(=O)CCCCCCCCC/C=C\C/C=C\C/C=C\CC)OC(=O)CCCC/C=C\C/C=C\C/C=C\C/C=C\CC)OC(=O)CCCCCCC/C=C\C/C=C\C/C=C\CC. The molecule has 0 aromatic carbocycles. The molecule has 0 spiro atoms. The minimum Gasteiger partial charge on any atom is -0.462 e. The number of phosphoric acid groups is 2. The average molecular weight is 1520 g/mol. The molecule has 0 heterocycles. The standard InChI is InChI=1S/C87H140O17P2/c1-5-9-13-17-21-25-29-33-37-39-40-42-46-48-52-56-60-64-68-72-85(90)98-78-83(104-87(92)74-70-66-62-58-54-50-44-36-32-28-24-20-16-12-8-4)80-102-106(95,96)100-76-81(88)75-99-105(93,94)101-79-82(103-86(91)73-69-65-61-57-53-49-43-35-31-27-23-19-15-11-7-3)77-97-84(89)71-67-63-59-55-51-47-45-41-38-34-30-26-22-18-14-10-6-2/h9-16,21-28,33-38,40,42-44,48,52-53,57,81-83,88H,5-8,17-20,29-32,39,41,45-47,49-51,54-56,58-80H2,1-4H3,(H,93,94)(H,95,96)/b13-9-,14-10-,15-11-,16-12-,25-21-,26-22-,27-23-,28-24-,37-33-,38-34-,42-40-,43-35-,44-36-,52-48-,57-53-. The van der Waals surface area contributed by atoms with E-state index >= 15 is 0 Å². The zero-order valence-electron chi connectivity index (χ0n) is 65.5. The van der Waals surface area contributed by atoms with E-state index in [0.717, 1.165) is 199 Å². The summed E-state index contributed by atoms with van der Waals surface area (Å²) >= 11 is 0. The van der Waals surface area contributed by atoms with E-state index in [1.54, 1.807) is 0 Å². The number of aliphatic hydroxyl groups excluding tert-OH is 1. The number of hydrogen-bond donors (Lipinski definition) is 3.